The first kappa shape index (κ1) is 18.6. The van der Waals surface area contributed by atoms with Gasteiger partial charge in [-0.1, -0.05) is 13.3 Å². The third-order valence-corrected chi connectivity index (χ3v) is 3.36. The number of amides is 4. The van der Waals surface area contributed by atoms with Crippen LogP contribution >= 0.6 is 0 Å². The topological polar surface area (TPSA) is 87.7 Å². The summed E-state index contributed by atoms with van der Waals surface area (Å²) in [5, 5.41) is 4.88. The smallest absolute Gasteiger partial charge is 0.406 e. The lowest BCUT2D eigenvalue weighted by molar-refractivity contribution is -0.274. The lowest BCUT2D eigenvalue weighted by Crippen LogP contribution is -2.38. The van der Waals surface area contributed by atoms with Crippen molar-refractivity contribution in [2.75, 3.05) is 11.9 Å². The fourth-order valence-corrected chi connectivity index (χ4v) is 2.30. The Labute approximate surface area is 141 Å². The van der Waals surface area contributed by atoms with Crippen LogP contribution in [0, 0.1) is 0 Å². The van der Waals surface area contributed by atoms with Crippen molar-refractivity contribution in [2.24, 2.45) is 0 Å². The molecular formula is C15H16F3N3O4. The van der Waals surface area contributed by atoms with Gasteiger partial charge >= 0.3 is 12.4 Å². The summed E-state index contributed by atoms with van der Waals surface area (Å²) in [6, 6.07) is 3.22. The number of hydrogen-bond acceptors (Lipinski definition) is 4. The van der Waals surface area contributed by atoms with E-state index in [1.165, 1.54) is 12.1 Å². The zero-order valence-corrected chi connectivity index (χ0v) is 13.2. The summed E-state index contributed by atoms with van der Waals surface area (Å²) >= 11 is 0. The predicted molar refractivity (Wildman–Crippen MR) is 80.7 cm³/mol. The van der Waals surface area contributed by atoms with Crippen LogP contribution in [0.3, 0.4) is 0 Å². The molecule has 1 atom stereocenters. The molecule has 0 spiro atoms. The van der Waals surface area contributed by atoms with Crippen LogP contribution in [0.15, 0.2) is 24.3 Å². The van der Waals surface area contributed by atoms with Gasteiger partial charge in [0.2, 0.25) is 5.91 Å². The highest BCUT2D eigenvalue weighted by Crippen LogP contribution is 2.24. The highest BCUT2D eigenvalue weighted by atomic mass is 19.4. The molecule has 0 aromatic heterocycles. The van der Waals surface area contributed by atoms with Crippen LogP contribution in [0.25, 0.3) is 0 Å². The van der Waals surface area contributed by atoms with E-state index in [1.54, 1.807) is 0 Å². The van der Waals surface area contributed by atoms with Crippen molar-refractivity contribution in [3.8, 4) is 5.75 Å². The van der Waals surface area contributed by atoms with Crippen molar-refractivity contribution in [3.63, 3.8) is 0 Å². The van der Waals surface area contributed by atoms with Gasteiger partial charge in [-0.2, -0.15) is 0 Å². The summed E-state index contributed by atoms with van der Waals surface area (Å²) in [7, 11) is 0. The Morgan fingerprint density at radius 2 is 1.92 bits per heavy atom. The van der Waals surface area contributed by atoms with E-state index < -0.39 is 42.5 Å². The summed E-state index contributed by atoms with van der Waals surface area (Å²) in [5.74, 6) is -1.55. The van der Waals surface area contributed by atoms with Gasteiger partial charge in [0.15, 0.2) is 0 Å². The van der Waals surface area contributed by atoms with Gasteiger partial charge in [-0.05, 0) is 30.7 Å². The number of halogens is 3. The van der Waals surface area contributed by atoms with Crippen LogP contribution in [-0.4, -0.2) is 41.7 Å². The van der Waals surface area contributed by atoms with Crippen molar-refractivity contribution in [3.05, 3.63) is 24.3 Å². The van der Waals surface area contributed by atoms with Crippen molar-refractivity contribution in [1.82, 2.24) is 10.2 Å². The average molecular weight is 359 g/mol. The molecule has 0 unspecified atom stereocenters. The minimum absolute atomic E-state index is 0.205. The molecule has 2 rings (SSSR count). The van der Waals surface area contributed by atoms with Gasteiger partial charge in [-0.3, -0.25) is 14.5 Å². The molecule has 2 N–H and O–H groups in total. The lowest BCUT2D eigenvalue weighted by atomic mass is 10.2. The number of imide groups is 1. The number of nitrogens with one attached hydrogen (secondary N) is 2. The number of carbonyl (C=O) groups is 3. The first-order chi connectivity index (χ1) is 11.7. The van der Waals surface area contributed by atoms with Crippen LogP contribution in [0.2, 0.25) is 0 Å². The van der Waals surface area contributed by atoms with Gasteiger partial charge in [0.25, 0.3) is 5.91 Å². The quantitative estimate of drug-likeness (QED) is 0.763. The summed E-state index contributed by atoms with van der Waals surface area (Å²) in [5.41, 5.74) is 0.205. The van der Waals surface area contributed by atoms with Crippen molar-refractivity contribution < 1.29 is 32.3 Å². The van der Waals surface area contributed by atoms with Gasteiger partial charge in [-0.25, -0.2) is 4.79 Å². The molecule has 0 aliphatic carbocycles. The molecule has 1 fully saturated rings. The highest BCUT2D eigenvalue weighted by Gasteiger charge is 2.38. The fraction of sp³-hybridized carbons (Fsp3) is 0.400. The standard InChI is InChI=1S/C15H16F3N3O4/c1-2-3-11-13(23)21(14(24)20-11)8-12(22)19-9-4-6-10(7-5-9)25-15(16,17)18/h4-7,11H,2-3,8H2,1H3,(H,19,22)(H,20,24)/t11-/m1/s1. The van der Waals surface area contributed by atoms with Crippen LogP contribution < -0.4 is 15.4 Å². The number of anilines is 1. The van der Waals surface area contributed by atoms with E-state index in [9.17, 15) is 27.6 Å². The van der Waals surface area contributed by atoms with Gasteiger partial charge in [-0.15, -0.1) is 13.2 Å². The zero-order chi connectivity index (χ0) is 18.6. The number of carbonyl (C=O) groups excluding carboxylic acids is 3. The largest absolute Gasteiger partial charge is 0.573 e. The number of urea groups is 1. The molecular weight excluding hydrogens is 343 g/mol. The second kappa shape index (κ2) is 7.41. The molecule has 0 radical (unpaired) electrons. The third-order valence-electron chi connectivity index (χ3n) is 3.36. The third kappa shape index (κ3) is 5.10. The van der Waals surface area contributed by atoms with Crippen LogP contribution in [0.5, 0.6) is 5.75 Å². The molecule has 1 aliphatic rings. The summed E-state index contributed by atoms with van der Waals surface area (Å²) in [6.45, 7) is 1.38. The SMILES string of the molecule is CCC[C@H]1NC(=O)N(CC(=O)Nc2ccc(OC(F)(F)F)cc2)C1=O. The molecule has 1 aromatic rings. The van der Waals surface area contributed by atoms with E-state index in [4.69, 9.17) is 0 Å². The molecule has 10 heteroatoms. The molecule has 0 saturated carbocycles. The molecule has 1 saturated heterocycles. The van der Waals surface area contributed by atoms with E-state index in [0.29, 0.717) is 12.8 Å². The Hall–Kier alpha value is -2.78. The Bertz CT molecular complexity index is 661. The minimum atomic E-state index is -4.80. The van der Waals surface area contributed by atoms with Gasteiger partial charge in [0.05, 0.1) is 0 Å². The van der Waals surface area contributed by atoms with E-state index in [1.807, 2.05) is 6.92 Å². The molecule has 25 heavy (non-hydrogen) atoms. The lowest BCUT2D eigenvalue weighted by Gasteiger charge is -2.13. The first-order valence-corrected chi connectivity index (χ1v) is 7.47. The van der Waals surface area contributed by atoms with E-state index in [2.05, 4.69) is 15.4 Å². The van der Waals surface area contributed by atoms with E-state index in [-0.39, 0.29) is 5.69 Å². The predicted octanol–water partition coefficient (Wildman–Crippen LogP) is 2.24. The van der Waals surface area contributed by atoms with Crippen LogP contribution in [-0.2, 0) is 9.59 Å². The number of alkyl halides is 3. The maximum absolute atomic E-state index is 12.1. The number of rotatable bonds is 6. The first-order valence-electron chi connectivity index (χ1n) is 7.47. The Kier molecular flexibility index (Phi) is 5.50. The number of nitrogens with zero attached hydrogens (tertiary/aromatic N) is 1. The monoisotopic (exact) mass is 359 g/mol. The fourth-order valence-electron chi connectivity index (χ4n) is 2.30. The maximum Gasteiger partial charge on any atom is 0.573 e. The van der Waals surface area contributed by atoms with Crippen LogP contribution in [0.4, 0.5) is 23.7 Å². The zero-order valence-electron chi connectivity index (χ0n) is 13.2. The van der Waals surface area contributed by atoms with Gasteiger partial charge < -0.3 is 15.4 Å². The Morgan fingerprint density at radius 3 is 2.48 bits per heavy atom. The minimum Gasteiger partial charge on any atom is -0.406 e. The normalized spacial score (nSPS) is 17.4. The molecule has 0 bridgehead atoms. The Balaban J connectivity index is 1.92. The molecule has 7 nitrogen and oxygen atoms in total. The maximum atomic E-state index is 12.1. The number of hydrogen-bond donors (Lipinski definition) is 2. The molecule has 1 heterocycles. The van der Waals surface area contributed by atoms with Crippen molar-refractivity contribution >= 4 is 23.5 Å². The van der Waals surface area contributed by atoms with Crippen molar-refractivity contribution in [1.29, 1.82) is 0 Å². The molecule has 136 valence electrons. The van der Waals surface area contributed by atoms with E-state index in [0.717, 1.165) is 17.0 Å². The number of ether oxygens (including phenoxy) is 1. The van der Waals surface area contributed by atoms with Crippen LogP contribution in [0.1, 0.15) is 19.8 Å². The van der Waals surface area contributed by atoms with E-state index >= 15 is 0 Å². The number of benzene rings is 1. The summed E-state index contributed by atoms with van der Waals surface area (Å²) in [6.07, 6.45) is -3.63. The second-order valence-corrected chi connectivity index (χ2v) is 5.34. The second-order valence-electron chi connectivity index (χ2n) is 5.34. The summed E-state index contributed by atoms with van der Waals surface area (Å²) in [4.78, 5) is 36.5. The Morgan fingerprint density at radius 1 is 1.28 bits per heavy atom. The summed E-state index contributed by atoms with van der Waals surface area (Å²) < 4.78 is 39.9. The highest BCUT2D eigenvalue weighted by molar-refractivity contribution is 6.07. The molecule has 4 amide bonds. The van der Waals surface area contributed by atoms with Gasteiger partial charge in [0, 0.05) is 5.69 Å². The molecule has 1 aliphatic heterocycles. The van der Waals surface area contributed by atoms with Crippen molar-refractivity contribution in [2.45, 2.75) is 32.2 Å². The van der Waals surface area contributed by atoms with Gasteiger partial charge in [0.1, 0.15) is 18.3 Å². The molecule has 1 aromatic carbocycles. The average Bonchev–Trinajstić information content (AvgIpc) is 2.76.